The Bertz CT molecular complexity index is 1210. The lowest BCUT2D eigenvalue weighted by Crippen LogP contribution is -2.69. The van der Waals surface area contributed by atoms with Crippen molar-refractivity contribution in [3.63, 3.8) is 0 Å². The van der Waals surface area contributed by atoms with Crippen LogP contribution in [0.1, 0.15) is 113 Å². The molecular weight excluding hydrogens is 558 g/mol. The Kier molecular flexibility index (Phi) is 8.44. The molecule has 4 fully saturated rings. The Morgan fingerprint density at radius 2 is 1.64 bits per heavy atom. The van der Waals surface area contributed by atoms with Gasteiger partial charge in [0.05, 0.1) is 17.6 Å². The van der Waals surface area contributed by atoms with Crippen molar-refractivity contribution in [1.29, 1.82) is 0 Å². The maximum absolute atomic E-state index is 13.9. The molecule has 3 unspecified atom stereocenters. The highest BCUT2D eigenvalue weighted by Gasteiger charge is 2.71. The van der Waals surface area contributed by atoms with Crippen LogP contribution in [0.3, 0.4) is 0 Å². The lowest BCUT2D eigenvalue weighted by atomic mass is 9.33. The zero-order chi connectivity index (χ0) is 32.5. The third-order valence-corrected chi connectivity index (χ3v) is 14.5. The summed E-state index contributed by atoms with van der Waals surface area (Å²) in [5, 5.41) is 24.8. The molecule has 8 nitrogen and oxygen atoms in total. The van der Waals surface area contributed by atoms with Gasteiger partial charge in [-0.2, -0.15) is 0 Å². The van der Waals surface area contributed by atoms with Crippen LogP contribution in [-0.4, -0.2) is 59.5 Å². The highest BCUT2D eigenvalue weighted by atomic mass is 16.6. The highest BCUT2D eigenvalue weighted by Crippen LogP contribution is 2.76. The normalized spacial score (nSPS) is 48.0. The van der Waals surface area contributed by atoms with Crippen molar-refractivity contribution in [3.8, 4) is 0 Å². The largest absolute Gasteiger partial charge is 0.465 e. The molecule has 0 saturated heterocycles. The van der Waals surface area contributed by atoms with Gasteiger partial charge in [0.1, 0.15) is 12.7 Å². The Labute approximate surface area is 264 Å². The molecule has 8 heteroatoms. The summed E-state index contributed by atoms with van der Waals surface area (Å²) in [6.45, 7) is 16.8. The second-order valence-electron chi connectivity index (χ2n) is 16.5. The second-order valence-corrected chi connectivity index (χ2v) is 16.5. The number of allylic oxidation sites excluding steroid dienone is 1. The number of carbonyl (C=O) groups excluding carboxylic acids is 3. The molecule has 0 heterocycles. The van der Waals surface area contributed by atoms with Crippen LogP contribution in [0.15, 0.2) is 11.6 Å². The van der Waals surface area contributed by atoms with Gasteiger partial charge in [0.25, 0.3) is 0 Å². The molecule has 5 aliphatic carbocycles. The van der Waals surface area contributed by atoms with Crippen LogP contribution in [0.2, 0.25) is 0 Å². The summed E-state index contributed by atoms with van der Waals surface area (Å²) in [5.41, 5.74) is -1.29. The summed E-state index contributed by atoms with van der Waals surface area (Å²) in [7, 11) is 0. The molecule has 1 amide bonds. The molecule has 248 valence electrons. The van der Waals surface area contributed by atoms with Crippen LogP contribution >= 0.6 is 0 Å². The second kappa shape index (κ2) is 11.1. The SMILES string of the molecule is CC(=O)OC[C@@]1(C)C2CC[C@]3(C)C(CC=C4C5[C@](C(=O)NCCO)(CC[C@@H](C)[C@@]5(C)O)CC[C@]43C)[C@@]2(C)CC[C@@H]1OC(C)=O. The third kappa shape index (κ3) is 4.62. The summed E-state index contributed by atoms with van der Waals surface area (Å²) < 4.78 is 11.6. The number of nitrogens with one attached hydrogen (secondary N) is 1. The van der Waals surface area contributed by atoms with E-state index in [2.05, 4.69) is 46.0 Å². The smallest absolute Gasteiger partial charge is 0.302 e. The number of amides is 1. The van der Waals surface area contributed by atoms with Crippen molar-refractivity contribution in [2.24, 2.45) is 50.7 Å². The molecule has 0 radical (unpaired) electrons. The van der Waals surface area contributed by atoms with E-state index in [0.717, 1.165) is 51.4 Å². The summed E-state index contributed by atoms with van der Waals surface area (Å²) in [6, 6.07) is 0. The summed E-state index contributed by atoms with van der Waals surface area (Å²) >= 11 is 0. The van der Waals surface area contributed by atoms with E-state index in [-0.39, 0.29) is 77.7 Å². The van der Waals surface area contributed by atoms with Crippen LogP contribution in [0.25, 0.3) is 0 Å². The van der Waals surface area contributed by atoms with Crippen molar-refractivity contribution >= 4 is 17.8 Å². The van der Waals surface area contributed by atoms with E-state index in [1.807, 2.05) is 6.92 Å². The standard InChI is InChI=1S/C36H57NO7/c1-22-11-16-36(30(41)37-19-20-38)18-17-33(6)25(29(36)35(22,8)42)9-10-27-31(4)14-13-28(44-24(3)40)32(5,21-43-23(2)39)26(31)12-15-34(27,33)7/h9,22,26-29,38,42H,10-21H2,1-8H3,(H,37,41)/t22-,26?,27?,28+,29?,31+,32+,33-,34-,35-,36+/m1/s1. The lowest BCUT2D eigenvalue weighted by Gasteiger charge is -2.72. The van der Waals surface area contributed by atoms with E-state index in [9.17, 15) is 24.6 Å². The van der Waals surface area contributed by atoms with E-state index >= 15 is 0 Å². The molecule has 5 rings (SSSR count). The topological polar surface area (TPSA) is 122 Å². The average Bonchev–Trinajstić information content (AvgIpc) is 2.94. The Hall–Kier alpha value is -1.93. The van der Waals surface area contributed by atoms with Gasteiger partial charge in [-0.25, -0.2) is 0 Å². The molecular formula is C36H57NO7. The number of rotatable bonds is 6. The van der Waals surface area contributed by atoms with Gasteiger partial charge in [-0.15, -0.1) is 0 Å². The first kappa shape index (κ1) is 33.4. The van der Waals surface area contributed by atoms with Crippen LogP contribution in [0.4, 0.5) is 0 Å². The Morgan fingerprint density at radius 1 is 0.932 bits per heavy atom. The first-order valence-electron chi connectivity index (χ1n) is 17.1. The van der Waals surface area contributed by atoms with E-state index in [1.54, 1.807) is 0 Å². The predicted molar refractivity (Wildman–Crippen MR) is 167 cm³/mol. The number of ether oxygens (including phenoxy) is 2. The number of carbonyl (C=O) groups is 3. The van der Waals surface area contributed by atoms with Crippen LogP contribution < -0.4 is 5.32 Å². The molecule has 11 atom stereocenters. The fourth-order valence-corrected chi connectivity index (χ4v) is 11.9. The monoisotopic (exact) mass is 615 g/mol. The maximum atomic E-state index is 13.9. The van der Waals surface area contributed by atoms with Crippen LogP contribution in [0, 0.1) is 50.7 Å². The third-order valence-electron chi connectivity index (χ3n) is 14.5. The number of fused-ring (bicyclic) bond motifs is 7. The summed E-state index contributed by atoms with van der Waals surface area (Å²) in [6.07, 6.45) is 9.66. The first-order chi connectivity index (χ1) is 20.4. The zero-order valence-corrected chi connectivity index (χ0v) is 28.4. The fourth-order valence-electron chi connectivity index (χ4n) is 11.9. The first-order valence-corrected chi connectivity index (χ1v) is 17.1. The zero-order valence-electron chi connectivity index (χ0n) is 28.4. The van der Waals surface area contributed by atoms with Gasteiger partial charge >= 0.3 is 11.9 Å². The van der Waals surface area contributed by atoms with Gasteiger partial charge < -0.3 is 25.0 Å². The molecule has 0 aromatic carbocycles. The maximum Gasteiger partial charge on any atom is 0.302 e. The van der Waals surface area contributed by atoms with Gasteiger partial charge in [0.2, 0.25) is 5.91 Å². The Balaban J connectivity index is 1.58. The quantitative estimate of drug-likeness (QED) is 0.272. The predicted octanol–water partition coefficient (Wildman–Crippen LogP) is 5.34. The van der Waals surface area contributed by atoms with Crippen LogP contribution in [0.5, 0.6) is 0 Å². The van der Waals surface area contributed by atoms with Gasteiger partial charge in [-0.1, -0.05) is 46.3 Å². The Morgan fingerprint density at radius 3 is 2.27 bits per heavy atom. The van der Waals surface area contributed by atoms with E-state index in [1.165, 1.54) is 19.4 Å². The van der Waals surface area contributed by atoms with E-state index in [0.29, 0.717) is 12.3 Å². The minimum atomic E-state index is -1.03. The van der Waals surface area contributed by atoms with Crippen molar-refractivity contribution in [2.45, 2.75) is 125 Å². The molecule has 0 aromatic rings. The summed E-state index contributed by atoms with van der Waals surface area (Å²) in [5.74, 6) is -0.317. The number of aliphatic hydroxyl groups is 2. The van der Waals surface area contributed by atoms with Gasteiger partial charge in [-0.05, 0) is 98.7 Å². The molecule has 0 bridgehead atoms. The number of hydrogen-bond acceptors (Lipinski definition) is 7. The number of esters is 2. The van der Waals surface area contributed by atoms with Crippen molar-refractivity contribution in [1.82, 2.24) is 5.32 Å². The average molecular weight is 616 g/mol. The minimum Gasteiger partial charge on any atom is -0.465 e. The molecule has 5 aliphatic rings. The fraction of sp³-hybridized carbons (Fsp3) is 0.861. The van der Waals surface area contributed by atoms with Gasteiger partial charge in [0.15, 0.2) is 0 Å². The van der Waals surface area contributed by atoms with Crippen molar-refractivity contribution < 1.29 is 34.1 Å². The number of hydrogen-bond donors (Lipinski definition) is 3. The lowest BCUT2D eigenvalue weighted by molar-refractivity contribution is -0.230. The molecule has 3 N–H and O–H groups in total. The number of aliphatic hydroxyl groups excluding tert-OH is 1. The minimum absolute atomic E-state index is 0.0281. The highest BCUT2D eigenvalue weighted by molar-refractivity contribution is 5.84. The van der Waals surface area contributed by atoms with Gasteiger partial charge in [0, 0.05) is 31.7 Å². The van der Waals surface area contributed by atoms with Crippen LogP contribution in [-0.2, 0) is 23.9 Å². The summed E-state index contributed by atoms with van der Waals surface area (Å²) in [4.78, 5) is 38.1. The van der Waals surface area contributed by atoms with Crippen molar-refractivity contribution in [3.05, 3.63) is 11.6 Å². The molecule has 4 saturated carbocycles. The molecule has 0 aliphatic heterocycles. The van der Waals surface area contributed by atoms with E-state index < -0.39 is 16.4 Å². The van der Waals surface area contributed by atoms with E-state index in [4.69, 9.17) is 9.47 Å². The molecule has 0 aromatic heterocycles. The van der Waals surface area contributed by atoms with Gasteiger partial charge in [-0.3, -0.25) is 14.4 Å². The molecule has 0 spiro atoms. The van der Waals surface area contributed by atoms with Crippen molar-refractivity contribution in [2.75, 3.05) is 19.8 Å². The molecule has 44 heavy (non-hydrogen) atoms.